The number of methoxy groups -OCH3 is 2. The van der Waals surface area contributed by atoms with E-state index in [1.165, 1.54) is 0 Å². The molecule has 2 rings (SSSR count). The quantitative estimate of drug-likeness (QED) is 0.745. The molecule has 4 nitrogen and oxygen atoms in total. The van der Waals surface area contributed by atoms with Crippen molar-refractivity contribution in [1.82, 2.24) is 0 Å². The molecule has 0 heterocycles. The fourth-order valence-electron chi connectivity index (χ4n) is 2.34. The molecule has 5 heteroatoms. The van der Waals surface area contributed by atoms with Crippen molar-refractivity contribution in [2.24, 2.45) is 0 Å². The zero-order valence-corrected chi connectivity index (χ0v) is 14.3. The molecule has 2 aromatic rings. The van der Waals surface area contributed by atoms with Crippen LogP contribution >= 0.6 is 0 Å². The Morgan fingerprint density at radius 1 is 0.870 bits per heavy atom. The Morgan fingerprint density at radius 2 is 1.57 bits per heavy atom. The molecule has 0 atom stereocenters. The maximum absolute atomic E-state index is 12.2. The number of aryl methyl sites for hydroxylation is 2. The van der Waals surface area contributed by atoms with Gasteiger partial charge in [0.2, 0.25) is 0 Å². The Morgan fingerprint density at radius 3 is 2.22 bits per heavy atom. The van der Waals surface area contributed by atoms with Gasteiger partial charge in [-0.1, -0.05) is 36.4 Å². The fraction of sp³-hybridized carbons (Fsp3) is 0.333. The van der Waals surface area contributed by atoms with Crippen LogP contribution in [0.15, 0.2) is 48.5 Å². The first-order valence-electron chi connectivity index (χ1n) is 7.49. The highest BCUT2D eigenvalue weighted by Gasteiger charge is 2.13. The first-order chi connectivity index (χ1) is 11.0. The van der Waals surface area contributed by atoms with Crippen molar-refractivity contribution in [2.75, 3.05) is 25.7 Å². The lowest BCUT2D eigenvalue weighted by Gasteiger charge is -2.10. The van der Waals surface area contributed by atoms with E-state index >= 15 is 0 Å². The van der Waals surface area contributed by atoms with Crippen molar-refractivity contribution in [3.8, 4) is 11.5 Å². The van der Waals surface area contributed by atoms with Crippen molar-refractivity contribution in [3.63, 3.8) is 0 Å². The molecular weight excluding hydrogens is 312 g/mol. The molecule has 0 unspecified atom stereocenters. The summed E-state index contributed by atoms with van der Waals surface area (Å²) in [5, 5.41) is 0. The zero-order chi connectivity index (χ0) is 16.7. The minimum atomic E-state index is -3.11. The Labute approximate surface area is 138 Å². The second kappa shape index (κ2) is 8.02. The Kier molecular flexibility index (Phi) is 6.04. The highest BCUT2D eigenvalue weighted by molar-refractivity contribution is 7.91. The van der Waals surface area contributed by atoms with Crippen molar-refractivity contribution in [2.45, 2.75) is 12.8 Å². The van der Waals surface area contributed by atoms with E-state index in [-0.39, 0.29) is 11.5 Å². The fourth-order valence-corrected chi connectivity index (χ4v) is 3.63. The summed E-state index contributed by atoms with van der Waals surface area (Å²) in [6.45, 7) is 0. The summed E-state index contributed by atoms with van der Waals surface area (Å²) in [5.41, 5.74) is 1.91. The Hall–Kier alpha value is -2.01. The monoisotopic (exact) mass is 334 g/mol. The molecule has 2 aromatic carbocycles. The molecule has 0 bridgehead atoms. The maximum Gasteiger partial charge on any atom is 0.150 e. The van der Waals surface area contributed by atoms with Crippen molar-refractivity contribution in [1.29, 1.82) is 0 Å². The van der Waals surface area contributed by atoms with Crippen molar-refractivity contribution in [3.05, 3.63) is 59.7 Å². The van der Waals surface area contributed by atoms with E-state index < -0.39 is 9.84 Å². The summed E-state index contributed by atoms with van der Waals surface area (Å²) in [4.78, 5) is 0. The van der Waals surface area contributed by atoms with Gasteiger partial charge in [-0.15, -0.1) is 0 Å². The Balaban J connectivity index is 1.96. The van der Waals surface area contributed by atoms with Gasteiger partial charge in [0.25, 0.3) is 0 Å². The van der Waals surface area contributed by atoms with E-state index in [1.54, 1.807) is 20.3 Å². The number of benzene rings is 2. The molecule has 124 valence electrons. The van der Waals surface area contributed by atoms with Crippen LogP contribution < -0.4 is 9.47 Å². The van der Waals surface area contributed by atoms with Crippen LogP contribution in [0, 0.1) is 0 Å². The SMILES string of the molecule is COc1ccc(CCS(=O)(=O)CCc2ccccc2)c(OC)c1. The number of hydrogen-bond acceptors (Lipinski definition) is 4. The zero-order valence-electron chi connectivity index (χ0n) is 13.5. The van der Waals surface area contributed by atoms with Crippen LogP contribution in [0.25, 0.3) is 0 Å². The normalized spacial score (nSPS) is 11.2. The molecule has 0 spiro atoms. The molecule has 0 radical (unpaired) electrons. The smallest absolute Gasteiger partial charge is 0.150 e. The summed E-state index contributed by atoms with van der Waals surface area (Å²) >= 11 is 0. The van der Waals surface area contributed by atoms with E-state index in [4.69, 9.17) is 9.47 Å². The first-order valence-corrected chi connectivity index (χ1v) is 9.31. The lowest BCUT2D eigenvalue weighted by Crippen LogP contribution is -2.15. The summed E-state index contributed by atoms with van der Waals surface area (Å²) < 4.78 is 34.9. The average molecular weight is 334 g/mol. The maximum atomic E-state index is 12.2. The molecular formula is C18H22O4S. The van der Waals surface area contributed by atoms with E-state index in [0.717, 1.165) is 11.1 Å². The van der Waals surface area contributed by atoms with Gasteiger partial charge in [-0.05, 0) is 30.0 Å². The summed E-state index contributed by atoms with van der Waals surface area (Å²) in [6, 6.07) is 15.1. The number of sulfone groups is 1. The second-order valence-corrected chi connectivity index (χ2v) is 7.62. The summed E-state index contributed by atoms with van der Waals surface area (Å²) in [6.07, 6.45) is 0.979. The predicted octanol–water partition coefficient (Wildman–Crippen LogP) is 2.90. The molecule has 0 amide bonds. The van der Waals surface area contributed by atoms with Crippen LogP contribution in [-0.4, -0.2) is 34.1 Å². The topological polar surface area (TPSA) is 52.6 Å². The van der Waals surface area contributed by atoms with Gasteiger partial charge in [-0.25, -0.2) is 8.42 Å². The van der Waals surface area contributed by atoms with Gasteiger partial charge in [0.1, 0.15) is 11.5 Å². The van der Waals surface area contributed by atoms with Crippen LogP contribution in [-0.2, 0) is 22.7 Å². The molecule has 0 aliphatic heterocycles. The molecule has 0 saturated carbocycles. The van der Waals surface area contributed by atoms with Crippen LogP contribution in [0.2, 0.25) is 0 Å². The van der Waals surface area contributed by atoms with Gasteiger partial charge in [0.15, 0.2) is 9.84 Å². The minimum Gasteiger partial charge on any atom is -0.497 e. The molecule has 0 aromatic heterocycles. The van der Waals surface area contributed by atoms with Gasteiger partial charge in [-0.3, -0.25) is 0 Å². The van der Waals surface area contributed by atoms with E-state index in [1.807, 2.05) is 42.5 Å². The Bertz CT molecular complexity index is 724. The van der Waals surface area contributed by atoms with E-state index in [9.17, 15) is 8.42 Å². The van der Waals surface area contributed by atoms with Gasteiger partial charge < -0.3 is 9.47 Å². The highest BCUT2D eigenvalue weighted by atomic mass is 32.2. The minimum absolute atomic E-state index is 0.114. The van der Waals surface area contributed by atoms with Crippen LogP contribution in [0.4, 0.5) is 0 Å². The number of rotatable bonds is 8. The third kappa shape index (κ3) is 5.28. The lowest BCUT2D eigenvalue weighted by molar-refractivity contribution is 0.391. The van der Waals surface area contributed by atoms with Crippen LogP contribution in [0.5, 0.6) is 11.5 Å². The predicted molar refractivity (Wildman–Crippen MR) is 92.0 cm³/mol. The van der Waals surface area contributed by atoms with Crippen molar-refractivity contribution >= 4 is 9.84 Å². The van der Waals surface area contributed by atoms with Crippen LogP contribution in [0.1, 0.15) is 11.1 Å². The second-order valence-electron chi connectivity index (χ2n) is 5.32. The van der Waals surface area contributed by atoms with Gasteiger partial charge in [0.05, 0.1) is 25.7 Å². The first kappa shape index (κ1) is 17.3. The lowest BCUT2D eigenvalue weighted by atomic mass is 10.1. The van der Waals surface area contributed by atoms with E-state index in [0.29, 0.717) is 24.3 Å². The third-order valence-corrected chi connectivity index (χ3v) is 5.37. The molecule has 0 fully saturated rings. The standard InChI is InChI=1S/C18H22O4S/c1-21-17-9-8-16(18(14-17)22-2)11-13-23(19,20)12-10-15-6-4-3-5-7-15/h3-9,14H,10-13H2,1-2H3. The average Bonchev–Trinajstić information content (AvgIpc) is 2.59. The third-order valence-electron chi connectivity index (χ3n) is 3.72. The summed E-state index contributed by atoms with van der Waals surface area (Å²) in [7, 11) is 0.0520. The van der Waals surface area contributed by atoms with Crippen molar-refractivity contribution < 1.29 is 17.9 Å². The molecule has 0 aliphatic rings. The molecule has 0 aliphatic carbocycles. The van der Waals surface area contributed by atoms with E-state index in [2.05, 4.69) is 0 Å². The number of ether oxygens (including phenoxy) is 2. The van der Waals surface area contributed by atoms with Gasteiger partial charge >= 0.3 is 0 Å². The van der Waals surface area contributed by atoms with Crippen LogP contribution in [0.3, 0.4) is 0 Å². The molecule has 0 N–H and O–H groups in total. The summed E-state index contributed by atoms with van der Waals surface area (Å²) in [5.74, 6) is 1.62. The van der Waals surface area contributed by atoms with Gasteiger partial charge in [0, 0.05) is 6.07 Å². The highest BCUT2D eigenvalue weighted by Crippen LogP contribution is 2.25. The molecule has 0 saturated heterocycles. The largest absolute Gasteiger partial charge is 0.497 e. The number of hydrogen-bond donors (Lipinski definition) is 0. The van der Waals surface area contributed by atoms with Gasteiger partial charge in [-0.2, -0.15) is 0 Å². The molecule has 23 heavy (non-hydrogen) atoms.